The lowest BCUT2D eigenvalue weighted by molar-refractivity contribution is -0.137. The molecule has 0 saturated carbocycles. The fraction of sp³-hybridized carbons (Fsp3) is 0.917. The Morgan fingerprint density at radius 1 is 1.25 bits per heavy atom. The molecule has 0 heterocycles. The van der Waals surface area contributed by atoms with Crippen LogP contribution in [0.15, 0.2) is 0 Å². The molecule has 16 heavy (non-hydrogen) atoms. The van der Waals surface area contributed by atoms with Gasteiger partial charge in [-0.1, -0.05) is 13.8 Å². The summed E-state index contributed by atoms with van der Waals surface area (Å²) in [6, 6.07) is 0. The molecule has 0 rings (SSSR count). The van der Waals surface area contributed by atoms with Gasteiger partial charge in [-0.25, -0.2) is 0 Å². The number of unbranched alkanes of at least 4 members (excludes halogenated alkanes) is 1. The standard InChI is InChI=1S/C12H25NO3/c1-12(2,7-5-9-14)10-13-8-4-3-6-11(15)16/h13-14H,3-10H2,1-2H3,(H,15,16). The minimum Gasteiger partial charge on any atom is -0.481 e. The Hall–Kier alpha value is -0.610. The van der Waals surface area contributed by atoms with Gasteiger partial charge < -0.3 is 15.5 Å². The Balaban J connectivity index is 3.39. The van der Waals surface area contributed by atoms with Gasteiger partial charge in [-0.15, -0.1) is 0 Å². The molecular weight excluding hydrogens is 206 g/mol. The molecule has 0 aliphatic carbocycles. The van der Waals surface area contributed by atoms with Crippen molar-refractivity contribution in [3.8, 4) is 0 Å². The van der Waals surface area contributed by atoms with Crippen molar-refractivity contribution in [2.24, 2.45) is 5.41 Å². The minimum atomic E-state index is -0.719. The maximum absolute atomic E-state index is 10.3. The molecule has 96 valence electrons. The summed E-state index contributed by atoms with van der Waals surface area (Å²) in [5.74, 6) is -0.719. The first-order valence-corrected chi connectivity index (χ1v) is 6.01. The van der Waals surface area contributed by atoms with E-state index in [0.717, 1.165) is 38.8 Å². The van der Waals surface area contributed by atoms with Crippen LogP contribution in [0.4, 0.5) is 0 Å². The van der Waals surface area contributed by atoms with E-state index in [-0.39, 0.29) is 18.4 Å². The summed E-state index contributed by atoms with van der Waals surface area (Å²) in [5, 5.41) is 20.5. The van der Waals surface area contributed by atoms with Crippen molar-refractivity contribution < 1.29 is 15.0 Å². The third kappa shape index (κ3) is 9.93. The number of hydrogen-bond acceptors (Lipinski definition) is 3. The van der Waals surface area contributed by atoms with Crippen molar-refractivity contribution in [3.63, 3.8) is 0 Å². The summed E-state index contributed by atoms with van der Waals surface area (Å²) in [4.78, 5) is 10.3. The predicted octanol–water partition coefficient (Wildman–Crippen LogP) is 1.63. The number of carboxylic acids is 1. The Kier molecular flexibility index (Phi) is 8.21. The van der Waals surface area contributed by atoms with Gasteiger partial charge in [0.25, 0.3) is 0 Å². The number of aliphatic carboxylic acids is 1. The first-order chi connectivity index (χ1) is 7.48. The Bertz CT molecular complexity index is 193. The number of carboxylic acid groups (broad SMARTS) is 1. The maximum atomic E-state index is 10.3. The SMILES string of the molecule is CC(C)(CCCO)CNCCCCC(=O)O. The topological polar surface area (TPSA) is 69.6 Å². The second-order valence-corrected chi connectivity index (χ2v) is 5.02. The third-order valence-corrected chi connectivity index (χ3v) is 2.61. The highest BCUT2D eigenvalue weighted by Gasteiger charge is 2.16. The molecule has 0 aromatic rings. The van der Waals surface area contributed by atoms with Crippen molar-refractivity contribution in [1.82, 2.24) is 5.32 Å². The van der Waals surface area contributed by atoms with E-state index in [2.05, 4.69) is 19.2 Å². The van der Waals surface area contributed by atoms with Gasteiger partial charge in [0.05, 0.1) is 0 Å². The Morgan fingerprint density at radius 3 is 2.50 bits per heavy atom. The molecule has 0 aromatic heterocycles. The molecule has 0 atom stereocenters. The molecule has 0 fully saturated rings. The van der Waals surface area contributed by atoms with Gasteiger partial charge in [-0.05, 0) is 37.6 Å². The van der Waals surface area contributed by atoms with Gasteiger partial charge in [-0.3, -0.25) is 4.79 Å². The lowest BCUT2D eigenvalue weighted by atomic mass is 9.88. The molecule has 0 radical (unpaired) electrons. The quantitative estimate of drug-likeness (QED) is 0.500. The van der Waals surface area contributed by atoms with Crippen molar-refractivity contribution >= 4 is 5.97 Å². The van der Waals surface area contributed by atoms with Gasteiger partial charge in [0.1, 0.15) is 0 Å². The average Bonchev–Trinajstić information content (AvgIpc) is 2.20. The fourth-order valence-corrected chi connectivity index (χ4v) is 1.60. The smallest absolute Gasteiger partial charge is 0.303 e. The van der Waals surface area contributed by atoms with E-state index in [9.17, 15) is 4.79 Å². The van der Waals surface area contributed by atoms with E-state index in [1.54, 1.807) is 0 Å². The second kappa shape index (κ2) is 8.53. The summed E-state index contributed by atoms with van der Waals surface area (Å²) in [6.45, 7) is 6.39. The Labute approximate surface area is 98.1 Å². The van der Waals surface area contributed by atoms with E-state index in [0.29, 0.717) is 0 Å². The molecule has 0 spiro atoms. The van der Waals surface area contributed by atoms with Crippen LogP contribution in [0.1, 0.15) is 46.0 Å². The number of aliphatic hydroxyl groups excluding tert-OH is 1. The first-order valence-electron chi connectivity index (χ1n) is 6.01. The summed E-state index contributed by atoms with van der Waals surface area (Å²) in [6.07, 6.45) is 3.75. The van der Waals surface area contributed by atoms with E-state index >= 15 is 0 Å². The van der Waals surface area contributed by atoms with Crippen LogP contribution in [0, 0.1) is 5.41 Å². The Morgan fingerprint density at radius 2 is 1.94 bits per heavy atom. The molecule has 0 amide bonds. The van der Waals surface area contributed by atoms with Crippen LogP contribution >= 0.6 is 0 Å². The van der Waals surface area contributed by atoms with E-state index in [4.69, 9.17) is 10.2 Å². The van der Waals surface area contributed by atoms with Crippen LogP contribution in [0.2, 0.25) is 0 Å². The van der Waals surface area contributed by atoms with E-state index in [1.165, 1.54) is 0 Å². The normalized spacial score (nSPS) is 11.7. The largest absolute Gasteiger partial charge is 0.481 e. The molecule has 0 aromatic carbocycles. The van der Waals surface area contributed by atoms with Crippen molar-refractivity contribution in [2.45, 2.75) is 46.0 Å². The number of rotatable bonds is 10. The summed E-state index contributed by atoms with van der Waals surface area (Å²) >= 11 is 0. The molecule has 0 bridgehead atoms. The fourth-order valence-electron chi connectivity index (χ4n) is 1.60. The highest BCUT2D eigenvalue weighted by molar-refractivity contribution is 5.66. The van der Waals surface area contributed by atoms with E-state index in [1.807, 2.05) is 0 Å². The number of hydrogen-bond donors (Lipinski definition) is 3. The number of aliphatic hydroxyl groups is 1. The highest BCUT2D eigenvalue weighted by atomic mass is 16.4. The van der Waals surface area contributed by atoms with Crippen molar-refractivity contribution in [1.29, 1.82) is 0 Å². The zero-order valence-corrected chi connectivity index (χ0v) is 10.5. The molecule has 0 aliphatic heterocycles. The average molecular weight is 231 g/mol. The van der Waals surface area contributed by atoms with Gasteiger partial charge in [0.2, 0.25) is 0 Å². The maximum Gasteiger partial charge on any atom is 0.303 e. The lowest BCUT2D eigenvalue weighted by Gasteiger charge is -2.24. The van der Waals surface area contributed by atoms with Crippen LogP contribution in [-0.2, 0) is 4.79 Å². The van der Waals surface area contributed by atoms with Crippen molar-refractivity contribution in [2.75, 3.05) is 19.7 Å². The molecular formula is C12H25NO3. The molecule has 4 nitrogen and oxygen atoms in total. The second-order valence-electron chi connectivity index (χ2n) is 5.02. The van der Waals surface area contributed by atoms with Crippen LogP contribution in [0.5, 0.6) is 0 Å². The van der Waals surface area contributed by atoms with Gasteiger partial charge >= 0.3 is 5.97 Å². The van der Waals surface area contributed by atoms with Crippen LogP contribution in [0.3, 0.4) is 0 Å². The predicted molar refractivity (Wildman–Crippen MR) is 64.5 cm³/mol. The zero-order valence-electron chi connectivity index (χ0n) is 10.5. The molecule has 0 unspecified atom stereocenters. The highest BCUT2D eigenvalue weighted by Crippen LogP contribution is 2.20. The lowest BCUT2D eigenvalue weighted by Crippen LogP contribution is -2.30. The summed E-state index contributed by atoms with van der Waals surface area (Å²) in [7, 11) is 0. The van der Waals surface area contributed by atoms with Gasteiger partial charge in [-0.2, -0.15) is 0 Å². The first kappa shape index (κ1) is 15.4. The van der Waals surface area contributed by atoms with Gasteiger partial charge in [0.15, 0.2) is 0 Å². The molecule has 0 aliphatic rings. The third-order valence-electron chi connectivity index (χ3n) is 2.61. The van der Waals surface area contributed by atoms with Crippen LogP contribution in [0.25, 0.3) is 0 Å². The number of nitrogens with one attached hydrogen (secondary N) is 1. The number of carbonyl (C=O) groups is 1. The zero-order chi connectivity index (χ0) is 12.4. The minimum absolute atomic E-state index is 0.204. The van der Waals surface area contributed by atoms with E-state index < -0.39 is 5.97 Å². The molecule has 0 saturated heterocycles. The van der Waals surface area contributed by atoms with Gasteiger partial charge in [0, 0.05) is 19.6 Å². The monoisotopic (exact) mass is 231 g/mol. The molecule has 3 N–H and O–H groups in total. The van der Waals surface area contributed by atoms with Crippen LogP contribution < -0.4 is 5.32 Å². The molecule has 4 heteroatoms. The summed E-state index contributed by atoms with van der Waals surface area (Å²) < 4.78 is 0. The van der Waals surface area contributed by atoms with Crippen LogP contribution in [-0.4, -0.2) is 35.9 Å². The van der Waals surface area contributed by atoms with Crippen molar-refractivity contribution in [3.05, 3.63) is 0 Å². The summed E-state index contributed by atoms with van der Waals surface area (Å²) in [5.41, 5.74) is 0.204.